The van der Waals surface area contributed by atoms with E-state index in [-0.39, 0.29) is 12.2 Å². The van der Waals surface area contributed by atoms with E-state index in [9.17, 15) is 0 Å². The number of benzene rings is 1. The first kappa shape index (κ1) is 15.1. The summed E-state index contributed by atoms with van der Waals surface area (Å²) in [6, 6.07) is 7.84. The minimum absolute atomic E-state index is 0.207. The van der Waals surface area contributed by atoms with Crippen LogP contribution in [0.4, 0.5) is 5.69 Å². The summed E-state index contributed by atoms with van der Waals surface area (Å²) in [7, 11) is 0. The third-order valence-corrected chi connectivity index (χ3v) is 3.48. The zero-order valence-electron chi connectivity index (χ0n) is 12.3. The van der Waals surface area contributed by atoms with Gasteiger partial charge in [0.25, 0.3) is 0 Å². The third kappa shape index (κ3) is 4.08. The van der Waals surface area contributed by atoms with E-state index >= 15 is 0 Å². The molecule has 1 aliphatic rings. The highest BCUT2D eigenvalue weighted by Gasteiger charge is 2.23. The summed E-state index contributed by atoms with van der Waals surface area (Å²) in [5.41, 5.74) is 0.977. The smallest absolute Gasteiger partial charge is 0.173 e. The fourth-order valence-electron chi connectivity index (χ4n) is 2.35. The second-order valence-electron chi connectivity index (χ2n) is 5.05. The lowest BCUT2D eigenvalue weighted by Gasteiger charge is -2.36. The summed E-state index contributed by atoms with van der Waals surface area (Å²) in [4.78, 5) is 2.16. The summed E-state index contributed by atoms with van der Waals surface area (Å²) in [6.07, 6.45) is 0.415. The Kier molecular flexibility index (Phi) is 5.20. The van der Waals surface area contributed by atoms with Gasteiger partial charge in [-0.25, -0.2) is 0 Å². The average molecular weight is 294 g/mol. The molecule has 0 amide bonds. The van der Waals surface area contributed by atoms with Crippen molar-refractivity contribution in [3.8, 4) is 5.75 Å². The minimum atomic E-state index is 0.207. The minimum Gasteiger partial charge on any atom is -0.494 e. The monoisotopic (exact) mass is 294 g/mol. The van der Waals surface area contributed by atoms with Crippen molar-refractivity contribution in [3.63, 3.8) is 0 Å². The lowest BCUT2D eigenvalue weighted by atomic mass is 10.2. The van der Waals surface area contributed by atoms with E-state index < -0.39 is 0 Å². The Morgan fingerprint density at radius 3 is 2.45 bits per heavy atom. The van der Waals surface area contributed by atoms with E-state index in [2.05, 4.69) is 24.1 Å². The lowest BCUT2D eigenvalue weighted by molar-refractivity contribution is -0.0473. The van der Waals surface area contributed by atoms with Crippen LogP contribution in [-0.4, -0.2) is 41.9 Å². The molecule has 1 N–H and O–H groups in total. The van der Waals surface area contributed by atoms with Crippen LogP contribution >= 0.6 is 12.2 Å². The van der Waals surface area contributed by atoms with Crippen LogP contribution in [0.5, 0.6) is 5.75 Å². The summed E-state index contributed by atoms with van der Waals surface area (Å²) in [6.45, 7) is 8.45. The highest BCUT2D eigenvalue weighted by molar-refractivity contribution is 7.80. The number of hydrogen-bond donors (Lipinski definition) is 1. The maximum absolute atomic E-state index is 5.71. The zero-order valence-corrected chi connectivity index (χ0v) is 13.1. The van der Waals surface area contributed by atoms with Gasteiger partial charge in [0.05, 0.1) is 18.8 Å². The van der Waals surface area contributed by atoms with E-state index in [4.69, 9.17) is 21.7 Å². The maximum atomic E-state index is 5.71. The number of nitrogens with zero attached hydrogens (tertiary/aromatic N) is 1. The molecule has 1 aliphatic heterocycles. The number of anilines is 1. The van der Waals surface area contributed by atoms with Gasteiger partial charge in [0.1, 0.15) is 5.75 Å². The van der Waals surface area contributed by atoms with Gasteiger partial charge in [-0.3, -0.25) is 0 Å². The van der Waals surface area contributed by atoms with E-state index in [0.29, 0.717) is 6.61 Å². The van der Waals surface area contributed by atoms with Crippen molar-refractivity contribution in [1.82, 2.24) is 4.90 Å². The Morgan fingerprint density at radius 2 is 1.90 bits per heavy atom. The topological polar surface area (TPSA) is 33.7 Å². The Bertz CT molecular complexity index is 440. The summed E-state index contributed by atoms with van der Waals surface area (Å²) >= 11 is 5.47. The Morgan fingerprint density at radius 1 is 1.30 bits per heavy atom. The number of ether oxygens (including phenoxy) is 2. The van der Waals surface area contributed by atoms with E-state index in [1.807, 2.05) is 31.2 Å². The predicted molar refractivity (Wildman–Crippen MR) is 85.4 cm³/mol. The number of morpholine rings is 1. The number of hydrogen-bond acceptors (Lipinski definition) is 3. The highest BCUT2D eigenvalue weighted by Crippen LogP contribution is 2.17. The number of nitrogens with one attached hydrogen (secondary N) is 1. The fraction of sp³-hybridized carbons (Fsp3) is 0.533. The van der Waals surface area contributed by atoms with Crippen LogP contribution < -0.4 is 10.1 Å². The second-order valence-corrected chi connectivity index (χ2v) is 5.44. The van der Waals surface area contributed by atoms with E-state index in [1.54, 1.807) is 0 Å². The Hall–Kier alpha value is -1.33. The van der Waals surface area contributed by atoms with Crippen LogP contribution in [0.25, 0.3) is 0 Å². The molecule has 0 spiro atoms. The molecule has 1 aromatic carbocycles. The standard InChI is InChI=1S/C15H22N2O2S/c1-4-18-14-7-5-13(6-8-14)16-15(20)17-9-11(2)19-12(3)10-17/h5-8,11-12H,4,9-10H2,1-3H3,(H,16,20)/t11-,12+. The van der Waals surface area contributed by atoms with Crippen molar-refractivity contribution in [2.45, 2.75) is 33.0 Å². The summed E-state index contributed by atoms with van der Waals surface area (Å²) < 4.78 is 11.1. The van der Waals surface area contributed by atoms with Crippen LogP contribution in [-0.2, 0) is 4.74 Å². The maximum Gasteiger partial charge on any atom is 0.173 e. The molecular weight excluding hydrogens is 272 g/mol. The first-order chi connectivity index (χ1) is 9.58. The van der Waals surface area contributed by atoms with Crippen molar-refractivity contribution in [3.05, 3.63) is 24.3 Å². The molecule has 1 heterocycles. The fourth-order valence-corrected chi connectivity index (χ4v) is 2.61. The SMILES string of the molecule is CCOc1ccc(NC(=S)N2C[C@@H](C)O[C@@H](C)C2)cc1. The Labute approximate surface area is 126 Å². The molecule has 4 nitrogen and oxygen atoms in total. The predicted octanol–water partition coefficient (Wildman–Crippen LogP) is 2.89. The summed E-state index contributed by atoms with van der Waals surface area (Å²) in [5, 5.41) is 4.01. The van der Waals surface area contributed by atoms with Crippen LogP contribution in [0.3, 0.4) is 0 Å². The van der Waals surface area contributed by atoms with Crippen molar-refractivity contribution in [2.24, 2.45) is 0 Å². The van der Waals surface area contributed by atoms with Gasteiger partial charge in [0, 0.05) is 18.8 Å². The third-order valence-electron chi connectivity index (χ3n) is 3.12. The quantitative estimate of drug-likeness (QED) is 0.867. The van der Waals surface area contributed by atoms with Gasteiger partial charge >= 0.3 is 0 Å². The molecule has 1 saturated heterocycles. The molecule has 2 atom stereocenters. The molecule has 0 radical (unpaired) electrons. The molecule has 1 fully saturated rings. The molecule has 0 unspecified atom stereocenters. The molecule has 0 bridgehead atoms. The van der Waals surface area contributed by atoms with Crippen molar-refractivity contribution in [1.29, 1.82) is 0 Å². The molecule has 20 heavy (non-hydrogen) atoms. The van der Waals surface area contributed by atoms with Crippen LogP contribution in [0.1, 0.15) is 20.8 Å². The molecule has 0 saturated carbocycles. The second kappa shape index (κ2) is 6.90. The van der Waals surface area contributed by atoms with Crippen molar-refractivity contribution in [2.75, 3.05) is 25.0 Å². The summed E-state index contributed by atoms with van der Waals surface area (Å²) in [5.74, 6) is 0.873. The number of thiocarbonyl (C=S) groups is 1. The molecule has 110 valence electrons. The average Bonchev–Trinajstić information content (AvgIpc) is 2.40. The first-order valence-electron chi connectivity index (χ1n) is 7.02. The van der Waals surface area contributed by atoms with Crippen molar-refractivity contribution >= 4 is 23.0 Å². The van der Waals surface area contributed by atoms with E-state index in [0.717, 1.165) is 29.6 Å². The van der Waals surface area contributed by atoms with Gasteiger partial charge in [0.2, 0.25) is 0 Å². The van der Waals surface area contributed by atoms with Gasteiger partial charge in [-0.05, 0) is 57.3 Å². The Balaban J connectivity index is 1.93. The van der Waals surface area contributed by atoms with Crippen LogP contribution in [0, 0.1) is 0 Å². The van der Waals surface area contributed by atoms with Crippen LogP contribution in [0.2, 0.25) is 0 Å². The molecule has 5 heteroatoms. The zero-order chi connectivity index (χ0) is 14.5. The van der Waals surface area contributed by atoms with E-state index in [1.165, 1.54) is 0 Å². The van der Waals surface area contributed by atoms with Gasteiger partial charge in [-0.1, -0.05) is 0 Å². The normalized spacial score (nSPS) is 22.4. The molecule has 0 aromatic heterocycles. The van der Waals surface area contributed by atoms with Gasteiger partial charge in [-0.2, -0.15) is 0 Å². The lowest BCUT2D eigenvalue weighted by Crippen LogP contribution is -2.49. The molecular formula is C15H22N2O2S. The molecule has 0 aliphatic carbocycles. The van der Waals surface area contributed by atoms with Gasteiger partial charge < -0.3 is 19.7 Å². The van der Waals surface area contributed by atoms with Crippen LogP contribution in [0.15, 0.2) is 24.3 Å². The number of rotatable bonds is 3. The molecule has 2 rings (SSSR count). The van der Waals surface area contributed by atoms with Gasteiger partial charge in [0.15, 0.2) is 5.11 Å². The molecule has 1 aromatic rings. The largest absolute Gasteiger partial charge is 0.494 e. The highest BCUT2D eigenvalue weighted by atomic mass is 32.1. The first-order valence-corrected chi connectivity index (χ1v) is 7.43. The van der Waals surface area contributed by atoms with Gasteiger partial charge in [-0.15, -0.1) is 0 Å². The van der Waals surface area contributed by atoms with Crippen molar-refractivity contribution < 1.29 is 9.47 Å².